The molecular weight excluding hydrogens is 455 g/mol. The molecule has 3 N–H and O–H groups in total. The first kappa shape index (κ1) is 22.1. The third-order valence-electron chi connectivity index (χ3n) is 5.17. The molecule has 1 saturated heterocycles. The Kier molecular flexibility index (Phi) is 8.03. The van der Waals surface area contributed by atoms with Crippen LogP contribution in [-0.2, 0) is 0 Å². The van der Waals surface area contributed by atoms with Crippen molar-refractivity contribution in [3.8, 4) is 11.5 Å². The van der Waals surface area contributed by atoms with Crippen LogP contribution in [0.25, 0.3) is 0 Å². The average Bonchev–Trinajstić information content (AvgIpc) is 2.85. The van der Waals surface area contributed by atoms with Gasteiger partial charge in [-0.1, -0.05) is 6.92 Å². The van der Waals surface area contributed by atoms with Crippen molar-refractivity contribution in [3.63, 3.8) is 0 Å². The van der Waals surface area contributed by atoms with Gasteiger partial charge in [0.25, 0.3) is 0 Å². The summed E-state index contributed by atoms with van der Waals surface area (Å²) in [5.74, 6) is 2.72. The number of hydrogen-bond acceptors (Lipinski definition) is 4. The zero-order valence-electron chi connectivity index (χ0n) is 16.7. The van der Waals surface area contributed by atoms with Crippen molar-refractivity contribution in [1.82, 2.24) is 4.90 Å². The summed E-state index contributed by atoms with van der Waals surface area (Å²) in [5.41, 5.74) is 6.99. The van der Waals surface area contributed by atoms with Gasteiger partial charge >= 0.3 is 0 Å². The number of guanidine groups is 1. The first-order valence-electron chi connectivity index (χ1n) is 9.66. The number of benzene rings is 1. The molecule has 1 fully saturated rings. The fraction of sp³-hybridized carbons (Fsp3) is 0.650. The van der Waals surface area contributed by atoms with Gasteiger partial charge in [-0.15, -0.1) is 24.0 Å². The standard InChI is InChI=1S/C20H32N4O2.HI/c1-15-6-4-9-24(13-15)20(2,3)14-22-19(21)23-16-7-8-17-18(12-16)26-11-5-10-25-17;/h7-8,12,15H,4-6,9-11,13-14H2,1-3H3,(H3,21,22,23);1H. The van der Waals surface area contributed by atoms with Crippen LogP contribution in [0.15, 0.2) is 23.2 Å². The van der Waals surface area contributed by atoms with E-state index in [1.54, 1.807) is 0 Å². The van der Waals surface area contributed by atoms with Crippen LogP contribution in [-0.4, -0.2) is 49.2 Å². The molecule has 1 aromatic rings. The smallest absolute Gasteiger partial charge is 0.193 e. The van der Waals surface area contributed by atoms with Gasteiger partial charge in [0.15, 0.2) is 17.5 Å². The van der Waals surface area contributed by atoms with E-state index >= 15 is 0 Å². The van der Waals surface area contributed by atoms with Crippen molar-refractivity contribution < 1.29 is 9.47 Å². The molecule has 3 rings (SSSR count). The molecule has 6 nitrogen and oxygen atoms in total. The number of rotatable bonds is 4. The highest BCUT2D eigenvalue weighted by molar-refractivity contribution is 14.0. The minimum Gasteiger partial charge on any atom is -0.490 e. The highest BCUT2D eigenvalue weighted by atomic mass is 127. The maximum Gasteiger partial charge on any atom is 0.193 e. The lowest BCUT2D eigenvalue weighted by atomic mass is 9.94. The van der Waals surface area contributed by atoms with E-state index < -0.39 is 0 Å². The van der Waals surface area contributed by atoms with Crippen LogP contribution in [0, 0.1) is 5.92 Å². The number of halogens is 1. The van der Waals surface area contributed by atoms with Gasteiger partial charge in [0.05, 0.1) is 19.8 Å². The van der Waals surface area contributed by atoms with E-state index in [-0.39, 0.29) is 29.5 Å². The number of anilines is 1. The van der Waals surface area contributed by atoms with E-state index in [0.717, 1.165) is 42.6 Å². The molecule has 27 heavy (non-hydrogen) atoms. The number of likely N-dealkylation sites (tertiary alicyclic amines) is 1. The second-order valence-corrected chi connectivity index (χ2v) is 8.04. The summed E-state index contributed by atoms with van der Waals surface area (Å²) in [6.45, 7) is 11.1. The van der Waals surface area contributed by atoms with Crippen LogP contribution in [0.3, 0.4) is 0 Å². The predicted octanol–water partition coefficient (Wildman–Crippen LogP) is 3.70. The monoisotopic (exact) mass is 488 g/mol. The number of hydrogen-bond donors (Lipinski definition) is 2. The van der Waals surface area contributed by atoms with Crippen molar-refractivity contribution >= 4 is 35.6 Å². The molecule has 2 heterocycles. The first-order chi connectivity index (χ1) is 12.4. The van der Waals surface area contributed by atoms with E-state index in [1.807, 2.05) is 18.2 Å². The Morgan fingerprint density at radius 1 is 1.26 bits per heavy atom. The van der Waals surface area contributed by atoms with Crippen molar-refractivity contribution in [2.24, 2.45) is 16.6 Å². The van der Waals surface area contributed by atoms with Crippen molar-refractivity contribution in [3.05, 3.63) is 18.2 Å². The third-order valence-corrected chi connectivity index (χ3v) is 5.17. The van der Waals surface area contributed by atoms with Gasteiger partial charge in [0.1, 0.15) is 0 Å². The molecule has 1 atom stereocenters. The van der Waals surface area contributed by atoms with Gasteiger partial charge in [-0.3, -0.25) is 9.89 Å². The molecule has 1 aromatic carbocycles. The van der Waals surface area contributed by atoms with Crippen LogP contribution in [0.2, 0.25) is 0 Å². The Bertz CT molecular complexity index is 651. The highest BCUT2D eigenvalue weighted by Gasteiger charge is 2.29. The van der Waals surface area contributed by atoms with Gasteiger partial charge in [-0.25, -0.2) is 0 Å². The number of ether oxygens (including phenoxy) is 2. The Morgan fingerprint density at radius 3 is 2.74 bits per heavy atom. The van der Waals surface area contributed by atoms with E-state index in [4.69, 9.17) is 15.2 Å². The Balaban J connectivity index is 0.00000261. The Hall–Kier alpha value is -1.22. The van der Waals surface area contributed by atoms with Crippen LogP contribution < -0.4 is 20.5 Å². The van der Waals surface area contributed by atoms with Gasteiger partial charge < -0.3 is 20.5 Å². The summed E-state index contributed by atoms with van der Waals surface area (Å²) in [6, 6.07) is 5.77. The molecule has 0 aliphatic carbocycles. The van der Waals surface area contributed by atoms with E-state index in [2.05, 4.69) is 36.0 Å². The Morgan fingerprint density at radius 2 is 2.00 bits per heavy atom. The van der Waals surface area contributed by atoms with Crippen molar-refractivity contribution in [1.29, 1.82) is 0 Å². The molecule has 1 unspecified atom stereocenters. The molecule has 152 valence electrons. The predicted molar refractivity (Wildman–Crippen MR) is 122 cm³/mol. The molecule has 0 radical (unpaired) electrons. The fourth-order valence-electron chi connectivity index (χ4n) is 3.55. The quantitative estimate of drug-likeness (QED) is 0.384. The van der Waals surface area contributed by atoms with Crippen LogP contribution in [0.5, 0.6) is 11.5 Å². The number of piperidine rings is 1. The van der Waals surface area contributed by atoms with E-state index in [9.17, 15) is 0 Å². The summed E-state index contributed by atoms with van der Waals surface area (Å²) in [6.07, 6.45) is 3.48. The van der Waals surface area contributed by atoms with Gasteiger partial charge in [-0.05, 0) is 51.3 Å². The zero-order valence-corrected chi connectivity index (χ0v) is 19.0. The van der Waals surface area contributed by atoms with Crippen molar-refractivity contribution in [2.45, 2.75) is 45.6 Å². The lowest BCUT2D eigenvalue weighted by Gasteiger charge is -2.42. The number of aliphatic imine (C=N–C) groups is 1. The topological polar surface area (TPSA) is 72.1 Å². The SMILES string of the molecule is CC1CCCN(C(C)(C)CN=C(N)Nc2ccc3c(c2)OCCCO3)C1.I. The second-order valence-electron chi connectivity index (χ2n) is 8.04. The summed E-state index contributed by atoms with van der Waals surface area (Å²) < 4.78 is 11.4. The van der Waals surface area contributed by atoms with E-state index in [1.165, 1.54) is 12.8 Å². The maximum atomic E-state index is 6.12. The summed E-state index contributed by atoms with van der Waals surface area (Å²) in [7, 11) is 0. The zero-order chi connectivity index (χ0) is 18.6. The van der Waals surface area contributed by atoms with Crippen LogP contribution in [0.1, 0.15) is 40.0 Å². The molecule has 0 amide bonds. The number of nitrogens with one attached hydrogen (secondary N) is 1. The lowest BCUT2D eigenvalue weighted by molar-refractivity contribution is 0.0775. The van der Waals surface area contributed by atoms with Crippen LogP contribution >= 0.6 is 24.0 Å². The fourth-order valence-corrected chi connectivity index (χ4v) is 3.55. The van der Waals surface area contributed by atoms with Gasteiger partial charge in [0, 0.05) is 30.3 Å². The molecule has 7 heteroatoms. The average molecular weight is 488 g/mol. The molecule has 0 bridgehead atoms. The molecule has 2 aliphatic rings. The maximum absolute atomic E-state index is 6.12. The minimum atomic E-state index is 0. The van der Waals surface area contributed by atoms with E-state index in [0.29, 0.717) is 25.7 Å². The van der Waals surface area contributed by atoms with Gasteiger partial charge in [-0.2, -0.15) is 0 Å². The molecule has 2 aliphatic heterocycles. The summed E-state index contributed by atoms with van der Waals surface area (Å²) in [4.78, 5) is 7.12. The largest absolute Gasteiger partial charge is 0.490 e. The molecule has 0 aromatic heterocycles. The highest BCUT2D eigenvalue weighted by Crippen LogP contribution is 2.32. The second kappa shape index (κ2) is 9.82. The lowest BCUT2D eigenvalue weighted by Crippen LogP contribution is -2.51. The summed E-state index contributed by atoms with van der Waals surface area (Å²) >= 11 is 0. The molecular formula is C20H33IN4O2. The number of fused-ring (bicyclic) bond motifs is 1. The molecule has 0 spiro atoms. The summed E-state index contributed by atoms with van der Waals surface area (Å²) in [5, 5.41) is 3.17. The third kappa shape index (κ3) is 6.14. The van der Waals surface area contributed by atoms with Gasteiger partial charge in [0.2, 0.25) is 0 Å². The molecule has 0 saturated carbocycles. The minimum absolute atomic E-state index is 0. The number of nitrogens with zero attached hydrogens (tertiary/aromatic N) is 2. The normalized spacial score (nSPS) is 21.1. The first-order valence-corrected chi connectivity index (χ1v) is 9.66. The van der Waals surface area contributed by atoms with Crippen LogP contribution in [0.4, 0.5) is 5.69 Å². The number of nitrogens with two attached hydrogens (primary N) is 1. The Labute approximate surface area is 179 Å². The van der Waals surface area contributed by atoms with Crippen molar-refractivity contribution in [2.75, 3.05) is 38.2 Å².